The highest BCUT2D eigenvalue weighted by Crippen LogP contribution is 2.43. The summed E-state index contributed by atoms with van der Waals surface area (Å²) in [6.45, 7) is 0. The highest BCUT2D eigenvalue weighted by molar-refractivity contribution is 8.16. The molecule has 0 radical (unpaired) electrons. The Labute approximate surface area is 159 Å². The molecule has 136 valence electrons. The molecule has 5 heteroatoms. The van der Waals surface area contributed by atoms with Gasteiger partial charge in [0.2, 0.25) is 0 Å². The Balaban J connectivity index is 1.41. The second-order valence-electron chi connectivity index (χ2n) is 7.73. The van der Waals surface area contributed by atoms with E-state index >= 15 is 0 Å². The number of carbonyl (C=O) groups excluding carboxylic acids is 1. The van der Waals surface area contributed by atoms with Crippen LogP contribution in [0.5, 0.6) is 0 Å². The van der Waals surface area contributed by atoms with Gasteiger partial charge in [0, 0.05) is 17.6 Å². The van der Waals surface area contributed by atoms with Gasteiger partial charge in [-0.1, -0.05) is 18.6 Å². The molecule has 3 fully saturated rings. The summed E-state index contributed by atoms with van der Waals surface area (Å²) in [6.07, 6.45) is 7.15. The van der Waals surface area contributed by atoms with Crippen molar-refractivity contribution in [1.82, 2.24) is 5.32 Å². The number of carbonyl (C=O) groups is 1. The van der Waals surface area contributed by atoms with Crippen molar-refractivity contribution in [2.45, 2.75) is 55.2 Å². The minimum Gasteiger partial charge on any atom is -0.349 e. The lowest BCUT2D eigenvalue weighted by Crippen LogP contribution is -2.53. The first-order valence-electron chi connectivity index (χ1n) is 9.60. The summed E-state index contributed by atoms with van der Waals surface area (Å²) in [6, 6.07) is 8.94. The molecular formula is C20H28N2OS2. The van der Waals surface area contributed by atoms with Gasteiger partial charge in [-0.3, -0.25) is 4.79 Å². The van der Waals surface area contributed by atoms with E-state index in [0.717, 1.165) is 18.4 Å². The summed E-state index contributed by atoms with van der Waals surface area (Å²) >= 11 is 4.04. The van der Waals surface area contributed by atoms with Gasteiger partial charge in [-0.2, -0.15) is 0 Å². The van der Waals surface area contributed by atoms with Crippen molar-refractivity contribution in [3.63, 3.8) is 0 Å². The lowest BCUT2D eigenvalue weighted by Gasteiger charge is -2.45. The third-order valence-corrected chi connectivity index (χ3v) is 8.96. The van der Waals surface area contributed by atoms with Gasteiger partial charge >= 0.3 is 0 Å². The number of nitrogens with two attached hydrogens (primary N) is 1. The SMILES string of the molecule is NC1CC2CCCC(C1)C2NC(=O)c1ccc(C2SCCCS2)cc1. The fourth-order valence-electron chi connectivity index (χ4n) is 4.73. The minimum atomic E-state index is 0.0906. The van der Waals surface area contributed by atoms with Gasteiger partial charge < -0.3 is 11.1 Å². The molecule has 3 aliphatic rings. The summed E-state index contributed by atoms with van der Waals surface area (Å²) in [5.41, 5.74) is 8.33. The van der Waals surface area contributed by atoms with Crippen LogP contribution in [0.2, 0.25) is 0 Å². The van der Waals surface area contributed by atoms with Crippen LogP contribution in [0.1, 0.15) is 59.0 Å². The van der Waals surface area contributed by atoms with Crippen molar-refractivity contribution in [3.8, 4) is 0 Å². The van der Waals surface area contributed by atoms with E-state index in [4.69, 9.17) is 5.73 Å². The maximum absolute atomic E-state index is 12.8. The molecule has 2 bridgehead atoms. The molecule has 0 spiro atoms. The fraction of sp³-hybridized carbons (Fsp3) is 0.650. The van der Waals surface area contributed by atoms with E-state index < -0.39 is 0 Å². The van der Waals surface area contributed by atoms with E-state index in [2.05, 4.69) is 17.4 Å². The molecule has 2 saturated carbocycles. The Bertz CT molecular complexity index is 586. The lowest BCUT2D eigenvalue weighted by atomic mass is 9.67. The zero-order valence-electron chi connectivity index (χ0n) is 14.7. The quantitative estimate of drug-likeness (QED) is 0.830. The van der Waals surface area contributed by atoms with Gasteiger partial charge in [0.25, 0.3) is 5.91 Å². The van der Waals surface area contributed by atoms with Crippen LogP contribution in [-0.4, -0.2) is 29.5 Å². The maximum Gasteiger partial charge on any atom is 0.251 e. The highest BCUT2D eigenvalue weighted by atomic mass is 32.2. The topological polar surface area (TPSA) is 55.1 Å². The number of rotatable bonds is 3. The largest absolute Gasteiger partial charge is 0.349 e. The molecule has 1 aromatic rings. The second-order valence-corrected chi connectivity index (χ2v) is 10.5. The molecule has 2 atom stereocenters. The number of fused-ring (bicyclic) bond motifs is 2. The summed E-state index contributed by atoms with van der Waals surface area (Å²) in [5, 5.41) is 3.35. The first-order valence-corrected chi connectivity index (χ1v) is 11.7. The van der Waals surface area contributed by atoms with Crippen LogP contribution in [0.3, 0.4) is 0 Å². The van der Waals surface area contributed by atoms with Crippen LogP contribution in [0, 0.1) is 11.8 Å². The van der Waals surface area contributed by atoms with Gasteiger partial charge in [0.05, 0.1) is 4.58 Å². The molecule has 1 saturated heterocycles. The van der Waals surface area contributed by atoms with E-state index in [1.165, 1.54) is 42.8 Å². The Kier molecular flexibility index (Phi) is 5.63. The Morgan fingerprint density at radius 1 is 1.00 bits per heavy atom. The van der Waals surface area contributed by atoms with Crippen LogP contribution in [0.4, 0.5) is 0 Å². The summed E-state index contributed by atoms with van der Waals surface area (Å²) in [7, 11) is 0. The maximum atomic E-state index is 12.8. The average Bonchev–Trinajstić information content (AvgIpc) is 2.63. The van der Waals surface area contributed by atoms with Crippen LogP contribution in [-0.2, 0) is 0 Å². The molecule has 0 aromatic heterocycles. The predicted molar refractivity (Wildman–Crippen MR) is 108 cm³/mol. The monoisotopic (exact) mass is 376 g/mol. The Hall–Kier alpha value is -0.650. The summed E-state index contributed by atoms with van der Waals surface area (Å²) in [4.78, 5) is 12.8. The second kappa shape index (κ2) is 7.93. The van der Waals surface area contributed by atoms with E-state index in [9.17, 15) is 4.79 Å². The molecule has 1 aromatic carbocycles. The van der Waals surface area contributed by atoms with E-state index in [0.29, 0.717) is 28.5 Å². The molecular weight excluding hydrogens is 348 g/mol. The van der Waals surface area contributed by atoms with E-state index in [1.807, 2.05) is 35.7 Å². The third kappa shape index (κ3) is 4.04. The van der Waals surface area contributed by atoms with Crippen LogP contribution in [0.15, 0.2) is 24.3 Å². The lowest BCUT2D eigenvalue weighted by molar-refractivity contribution is 0.0756. The molecule has 4 rings (SSSR count). The van der Waals surface area contributed by atoms with Crippen molar-refractivity contribution >= 4 is 29.4 Å². The minimum absolute atomic E-state index is 0.0906. The normalized spacial score (nSPS) is 33.0. The smallest absolute Gasteiger partial charge is 0.251 e. The summed E-state index contributed by atoms with van der Waals surface area (Å²) < 4.78 is 0.532. The van der Waals surface area contributed by atoms with Gasteiger partial charge in [-0.25, -0.2) is 0 Å². The molecule has 3 nitrogen and oxygen atoms in total. The number of nitrogens with one attached hydrogen (secondary N) is 1. The van der Waals surface area contributed by atoms with Crippen molar-refractivity contribution in [3.05, 3.63) is 35.4 Å². The Morgan fingerprint density at radius 3 is 2.28 bits per heavy atom. The molecule has 25 heavy (non-hydrogen) atoms. The van der Waals surface area contributed by atoms with Crippen molar-refractivity contribution in [2.24, 2.45) is 17.6 Å². The zero-order chi connectivity index (χ0) is 17.2. The fourth-order valence-corrected chi connectivity index (χ4v) is 7.63. The molecule has 2 unspecified atom stereocenters. The van der Waals surface area contributed by atoms with Crippen molar-refractivity contribution in [1.29, 1.82) is 0 Å². The zero-order valence-corrected chi connectivity index (χ0v) is 16.3. The van der Waals surface area contributed by atoms with E-state index in [-0.39, 0.29) is 5.91 Å². The van der Waals surface area contributed by atoms with Crippen molar-refractivity contribution < 1.29 is 4.79 Å². The third-order valence-electron chi connectivity index (χ3n) is 5.95. The predicted octanol–water partition coefficient (Wildman–Crippen LogP) is 4.19. The van der Waals surface area contributed by atoms with Crippen LogP contribution in [0.25, 0.3) is 0 Å². The number of hydrogen-bond donors (Lipinski definition) is 2. The first-order chi connectivity index (χ1) is 12.2. The first kappa shape index (κ1) is 17.7. The van der Waals surface area contributed by atoms with Gasteiger partial charge in [0.15, 0.2) is 0 Å². The molecule has 3 N–H and O–H groups in total. The molecule has 1 amide bonds. The highest BCUT2D eigenvalue weighted by Gasteiger charge is 2.39. The van der Waals surface area contributed by atoms with Crippen LogP contribution >= 0.6 is 23.5 Å². The van der Waals surface area contributed by atoms with E-state index in [1.54, 1.807) is 0 Å². The van der Waals surface area contributed by atoms with Gasteiger partial charge in [0.1, 0.15) is 0 Å². The molecule has 1 aliphatic heterocycles. The van der Waals surface area contributed by atoms with Crippen molar-refractivity contribution in [2.75, 3.05) is 11.5 Å². The molecule has 2 aliphatic carbocycles. The standard InChI is InChI=1S/C20H28N2OS2/c21-17-11-15-3-1-4-16(12-17)18(15)22-19(23)13-5-7-14(8-6-13)20-24-9-2-10-25-20/h5-8,15-18,20H,1-4,9-12,21H2,(H,22,23). The molecule has 1 heterocycles. The number of amides is 1. The Morgan fingerprint density at radius 2 is 1.64 bits per heavy atom. The number of hydrogen-bond acceptors (Lipinski definition) is 4. The van der Waals surface area contributed by atoms with Gasteiger partial charge in [-0.05, 0) is 73.1 Å². The number of benzene rings is 1. The number of thioether (sulfide) groups is 2. The average molecular weight is 377 g/mol. The van der Waals surface area contributed by atoms with Gasteiger partial charge in [-0.15, -0.1) is 23.5 Å². The summed E-state index contributed by atoms with van der Waals surface area (Å²) in [5.74, 6) is 3.72. The van der Waals surface area contributed by atoms with Crippen LogP contribution < -0.4 is 11.1 Å².